The summed E-state index contributed by atoms with van der Waals surface area (Å²) in [5, 5.41) is 8.99. The van der Waals surface area contributed by atoms with Gasteiger partial charge in [0.15, 0.2) is 0 Å². The first-order valence-electron chi connectivity index (χ1n) is 5.60. The van der Waals surface area contributed by atoms with Crippen molar-refractivity contribution >= 4 is 17.6 Å². The van der Waals surface area contributed by atoms with Crippen LogP contribution in [0.4, 0.5) is 13.2 Å². The van der Waals surface area contributed by atoms with Crippen LogP contribution in [0.25, 0.3) is 0 Å². The molecule has 0 radical (unpaired) electrons. The second kappa shape index (κ2) is 7.35. The van der Waals surface area contributed by atoms with Crippen molar-refractivity contribution in [3.05, 3.63) is 28.8 Å². The molecule has 0 amide bonds. The lowest BCUT2D eigenvalue weighted by molar-refractivity contribution is -0.174. The first kappa shape index (κ1) is 16.6. The SMILES string of the molecule is O=C(O)c1c(Cl)cccc1OCCCOCC(F)(F)F. The topological polar surface area (TPSA) is 55.8 Å². The number of rotatable bonds is 7. The van der Waals surface area contributed by atoms with E-state index in [1.807, 2.05) is 0 Å². The zero-order chi connectivity index (χ0) is 15.2. The molecule has 1 rings (SSSR count). The molecule has 8 heteroatoms. The van der Waals surface area contributed by atoms with E-state index < -0.39 is 18.8 Å². The van der Waals surface area contributed by atoms with Crippen molar-refractivity contribution < 1.29 is 32.5 Å². The number of alkyl halides is 3. The van der Waals surface area contributed by atoms with Gasteiger partial charge in [-0.1, -0.05) is 17.7 Å². The van der Waals surface area contributed by atoms with Gasteiger partial charge in [0.25, 0.3) is 0 Å². The Morgan fingerprint density at radius 1 is 1.30 bits per heavy atom. The summed E-state index contributed by atoms with van der Waals surface area (Å²) in [7, 11) is 0. The molecule has 0 bridgehead atoms. The number of carboxylic acid groups (broad SMARTS) is 1. The number of carbonyl (C=O) groups is 1. The molecule has 0 aliphatic carbocycles. The maximum absolute atomic E-state index is 11.8. The van der Waals surface area contributed by atoms with Crippen molar-refractivity contribution in [1.29, 1.82) is 0 Å². The van der Waals surface area contributed by atoms with E-state index in [4.69, 9.17) is 21.4 Å². The number of hydrogen-bond donors (Lipinski definition) is 1. The van der Waals surface area contributed by atoms with Gasteiger partial charge in [0.05, 0.1) is 18.2 Å². The number of hydrogen-bond acceptors (Lipinski definition) is 3. The van der Waals surface area contributed by atoms with Crippen molar-refractivity contribution in [2.75, 3.05) is 19.8 Å². The Labute approximate surface area is 118 Å². The van der Waals surface area contributed by atoms with Gasteiger partial charge < -0.3 is 14.6 Å². The van der Waals surface area contributed by atoms with Crippen LogP contribution in [0.2, 0.25) is 5.02 Å². The molecule has 0 heterocycles. The molecule has 112 valence electrons. The lowest BCUT2D eigenvalue weighted by atomic mass is 10.2. The second-order valence-corrected chi connectivity index (χ2v) is 4.20. The normalized spacial score (nSPS) is 11.4. The summed E-state index contributed by atoms with van der Waals surface area (Å²) in [5.74, 6) is -1.17. The number of carboxylic acids is 1. The molecule has 0 spiro atoms. The van der Waals surface area contributed by atoms with Gasteiger partial charge in [0.1, 0.15) is 17.9 Å². The van der Waals surface area contributed by atoms with Crippen LogP contribution in [-0.2, 0) is 4.74 Å². The molecule has 0 aliphatic rings. The summed E-state index contributed by atoms with van der Waals surface area (Å²) in [6.07, 6.45) is -4.16. The molecule has 1 aromatic rings. The molecular weight excluding hydrogens is 301 g/mol. The molecule has 0 aliphatic heterocycles. The van der Waals surface area contributed by atoms with Crippen LogP contribution in [-0.4, -0.2) is 37.1 Å². The van der Waals surface area contributed by atoms with E-state index in [-0.39, 0.29) is 36.0 Å². The number of aromatic carboxylic acids is 1. The highest BCUT2D eigenvalue weighted by molar-refractivity contribution is 6.33. The highest BCUT2D eigenvalue weighted by atomic mass is 35.5. The Balaban J connectivity index is 2.40. The predicted molar refractivity (Wildman–Crippen MR) is 65.4 cm³/mol. The van der Waals surface area contributed by atoms with Crippen LogP contribution in [0.3, 0.4) is 0 Å². The molecule has 0 atom stereocenters. The van der Waals surface area contributed by atoms with E-state index in [0.717, 1.165) is 0 Å². The summed E-state index contributed by atoms with van der Waals surface area (Å²) in [4.78, 5) is 11.0. The summed E-state index contributed by atoms with van der Waals surface area (Å²) in [6.45, 7) is -1.43. The minimum atomic E-state index is -4.36. The first-order chi connectivity index (χ1) is 9.31. The monoisotopic (exact) mass is 312 g/mol. The first-order valence-corrected chi connectivity index (χ1v) is 5.98. The summed E-state index contributed by atoms with van der Waals surface area (Å²) in [5.41, 5.74) is -0.176. The summed E-state index contributed by atoms with van der Waals surface area (Å²) >= 11 is 5.73. The van der Waals surface area contributed by atoms with Crippen molar-refractivity contribution in [2.45, 2.75) is 12.6 Å². The van der Waals surface area contributed by atoms with Crippen molar-refractivity contribution in [3.63, 3.8) is 0 Å². The average Bonchev–Trinajstić information content (AvgIpc) is 2.31. The highest BCUT2D eigenvalue weighted by Crippen LogP contribution is 2.26. The van der Waals surface area contributed by atoms with Gasteiger partial charge in [-0.2, -0.15) is 13.2 Å². The van der Waals surface area contributed by atoms with Crippen LogP contribution in [0.5, 0.6) is 5.75 Å². The van der Waals surface area contributed by atoms with Crippen molar-refractivity contribution in [3.8, 4) is 5.75 Å². The van der Waals surface area contributed by atoms with Crippen LogP contribution < -0.4 is 4.74 Å². The summed E-state index contributed by atoms with van der Waals surface area (Å²) in [6, 6.07) is 4.35. The zero-order valence-electron chi connectivity index (χ0n) is 10.2. The van der Waals surface area contributed by atoms with Crippen LogP contribution in [0.15, 0.2) is 18.2 Å². The molecular formula is C12H12ClF3O4. The smallest absolute Gasteiger partial charge is 0.411 e. The van der Waals surface area contributed by atoms with E-state index in [1.54, 1.807) is 0 Å². The van der Waals surface area contributed by atoms with Gasteiger partial charge in [0.2, 0.25) is 0 Å². The fourth-order valence-electron chi connectivity index (χ4n) is 1.36. The van der Waals surface area contributed by atoms with Crippen LogP contribution in [0.1, 0.15) is 16.8 Å². The van der Waals surface area contributed by atoms with Gasteiger partial charge in [-0.25, -0.2) is 4.79 Å². The highest BCUT2D eigenvalue weighted by Gasteiger charge is 2.27. The van der Waals surface area contributed by atoms with Gasteiger partial charge in [-0.05, 0) is 12.1 Å². The molecule has 1 aromatic carbocycles. The zero-order valence-corrected chi connectivity index (χ0v) is 11.0. The lowest BCUT2D eigenvalue weighted by Gasteiger charge is -2.11. The Bertz CT molecular complexity index is 463. The Kier molecular flexibility index (Phi) is 6.09. The quantitative estimate of drug-likeness (QED) is 0.784. The fraction of sp³-hybridized carbons (Fsp3) is 0.417. The third-order valence-corrected chi connectivity index (χ3v) is 2.46. The van der Waals surface area contributed by atoms with Gasteiger partial charge in [0, 0.05) is 6.42 Å². The van der Waals surface area contributed by atoms with Crippen LogP contribution >= 0.6 is 11.6 Å². The van der Waals surface area contributed by atoms with Gasteiger partial charge in [-0.15, -0.1) is 0 Å². The predicted octanol–water partition coefficient (Wildman–Crippen LogP) is 3.39. The Morgan fingerprint density at radius 3 is 2.60 bits per heavy atom. The Morgan fingerprint density at radius 2 is 2.00 bits per heavy atom. The number of halogens is 4. The lowest BCUT2D eigenvalue weighted by Crippen LogP contribution is -2.18. The molecule has 0 saturated heterocycles. The standard InChI is InChI=1S/C12H12ClF3O4/c13-8-3-1-4-9(10(8)11(17)18)20-6-2-5-19-7-12(14,15)16/h1,3-4H,2,5-7H2,(H,17,18). The largest absolute Gasteiger partial charge is 0.493 e. The fourth-order valence-corrected chi connectivity index (χ4v) is 1.61. The maximum Gasteiger partial charge on any atom is 0.411 e. The molecule has 0 unspecified atom stereocenters. The molecule has 0 fully saturated rings. The van der Waals surface area contributed by atoms with E-state index in [0.29, 0.717) is 0 Å². The summed E-state index contributed by atoms with van der Waals surface area (Å²) < 4.78 is 44.9. The van der Waals surface area contributed by atoms with Gasteiger partial charge >= 0.3 is 12.1 Å². The van der Waals surface area contributed by atoms with E-state index in [2.05, 4.69) is 4.74 Å². The number of ether oxygens (including phenoxy) is 2. The van der Waals surface area contributed by atoms with E-state index >= 15 is 0 Å². The molecule has 1 N–H and O–H groups in total. The van der Waals surface area contributed by atoms with E-state index in [9.17, 15) is 18.0 Å². The number of benzene rings is 1. The minimum Gasteiger partial charge on any atom is -0.493 e. The second-order valence-electron chi connectivity index (χ2n) is 3.79. The molecule has 20 heavy (non-hydrogen) atoms. The third kappa shape index (κ3) is 5.66. The van der Waals surface area contributed by atoms with Crippen molar-refractivity contribution in [1.82, 2.24) is 0 Å². The van der Waals surface area contributed by atoms with Gasteiger partial charge in [-0.3, -0.25) is 0 Å². The van der Waals surface area contributed by atoms with E-state index in [1.165, 1.54) is 18.2 Å². The molecule has 0 aromatic heterocycles. The Hall–Kier alpha value is -1.47. The van der Waals surface area contributed by atoms with Crippen molar-refractivity contribution in [2.24, 2.45) is 0 Å². The maximum atomic E-state index is 11.8. The third-order valence-electron chi connectivity index (χ3n) is 2.15. The molecule has 4 nitrogen and oxygen atoms in total. The molecule has 0 saturated carbocycles. The minimum absolute atomic E-state index is 0.0263. The van der Waals surface area contributed by atoms with Crippen LogP contribution in [0, 0.1) is 0 Å². The average molecular weight is 313 g/mol.